The smallest absolute Gasteiger partial charge is 0.341 e. The van der Waals surface area contributed by atoms with Crippen LogP contribution in [0.1, 0.15) is 11.1 Å². The van der Waals surface area contributed by atoms with Gasteiger partial charge in [0.25, 0.3) is 0 Å². The Morgan fingerprint density at radius 1 is 0.839 bits per heavy atom. The summed E-state index contributed by atoms with van der Waals surface area (Å²) < 4.78 is 27.1. The minimum Gasteiger partial charge on any atom is -0.503 e. The SMILES string of the molecule is CO/C=C(/C(=O)OC)c1ccccc1Oc1cccc(COc2cccc(OC)c2)c1. The molecule has 6 heteroatoms. The molecule has 3 aromatic rings. The van der Waals surface area contributed by atoms with Crippen molar-refractivity contribution in [3.63, 3.8) is 0 Å². The molecule has 3 rings (SSSR count). The van der Waals surface area contributed by atoms with Gasteiger partial charge in [0.1, 0.15) is 35.2 Å². The van der Waals surface area contributed by atoms with E-state index in [2.05, 4.69) is 0 Å². The fourth-order valence-electron chi connectivity index (χ4n) is 2.91. The maximum absolute atomic E-state index is 12.2. The van der Waals surface area contributed by atoms with E-state index in [0.717, 1.165) is 11.3 Å². The van der Waals surface area contributed by atoms with E-state index in [1.807, 2.05) is 60.7 Å². The minimum absolute atomic E-state index is 0.262. The summed E-state index contributed by atoms with van der Waals surface area (Å²) in [5.74, 6) is 2.04. The Labute approximate surface area is 181 Å². The fourth-order valence-corrected chi connectivity index (χ4v) is 2.91. The van der Waals surface area contributed by atoms with E-state index in [0.29, 0.717) is 29.4 Å². The first-order valence-electron chi connectivity index (χ1n) is 9.59. The van der Waals surface area contributed by atoms with Crippen LogP contribution in [0.4, 0.5) is 0 Å². The minimum atomic E-state index is -0.515. The normalized spacial score (nSPS) is 10.9. The van der Waals surface area contributed by atoms with Gasteiger partial charge in [0.05, 0.1) is 27.6 Å². The molecule has 0 fully saturated rings. The van der Waals surface area contributed by atoms with Crippen LogP contribution in [-0.2, 0) is 20.9 Å². The number of carbonyl (C=O) groups is 1. The van der Waals surface area contributed by atoms with Crippen LogP contribution in [0.25, 0.3) is 5.57 Å². The van der Waals surface area contributed by atoms with Crippen molar-refractivity contribution in [3.05, 3.63) is 90.2 Å². The summed E-state index contributed by atoms with van der Waals surface area (Å²) in [6, 6.07) is 22.2. The van der Waals surface area contributed by atoms with Crippen molar-refractivity contribution in [2.75, 3.05) is 21.3 Å². The molecule has 0 N–H and O–H groups in total. The van der Waals surface area contributed by atoms with Gasteiger partial charge in [-0.15, -0.1) is 0 Å². The molecule has 3 aromatic carbocycles. The molecule has 0 unspecified atom stereocenters. The molecule has 0 aliphatic carbocycles. The largest absolute Gasteiger partial charge is 0.503 e. The zero-order chi connectivity index (χ0) is 22.1. The molecule has 0 radical (unpaired) electrons. The summed E-state index contributed by atoms with van der Waals surface area (Å²) in [6.07, 6.45) is 1.34. The average Bonchev–Trinajstić information content (AvgIpc) is 2.81. The number of esters is 1. The topological polar surface area (TPSA) is 63.2 Å². The standard InChI is InChI=1S/C25H24O6/c1-27-17-23(25(26)29-3)22-12-4-5-13-24(22)31-21-11-6-8-18(14-21)16-30-20-10-7-9-19(15-20)28-2/h4-15,17H,16H2,1-3H3/b23-17+. The van der Waals surface area contributed by atoms with Crippen molar-refractivity contribution in [1.29, 1.82) is 0 Å². The number of benzene rings is 3. The van der Waals surface area contributed by atoms with Gasteiger partial charge in [0.15, 0.2) is 0 Å². The number of methoxy groups -OCH3 is 3. The second kappa shape index (κ2) is 10.7. The van der Waals surface area contributed by atoms with Crippen molar-refractivity contribution in [2.24, 2.45) is 0 Å². The van der Waals surface area contributed by atoms with Gasteiger partial charge in [-0.25, -0.2) is 4.79 Å². The molecule has 0 spiro atoms. The summed E-state index contributed by atoms with van der Waals surface area (Å²) in [4.78, 5) is 12.2. The lowest BCUT2D eigenvalue weighted by Crippen LogP contribution is -2.05. The zero-order valence-corrected chi connectivity index (χ0v) is 17.7. The second-order valence-electron chi connectivity index (χ2n) is 6.47. The van der Waals surface area contributed by atoms with E-state index in [4.69, 9.17) is 23.7 Å². The summed E-state index contributed by atoms with van der Waals surface area (Å²) >= 11 is 0. The van der Waals surface area contributed by atoms with Gasteiger partial charge in [-0.2, -0.15) is 0 Å². The maximum atomic E-state index is 12.2. The molecule has 0 saturated heterocycles. The molecule has 0 bridgehead atoms. The number of para-hydroxylation sites is 1. The molecule has 0 aliphatic rings. The Morgan fingerprint density at radius 3 is 2.35 bits per heavy atom. The highest BCUT2D eigenvalue weighted by atomic mass is 16.5. The van der Waals surface area contributed by atoms with E-state index in [-0.39, 0.29) is 5.57 Å². The molecule has 0 heterocycles. The van der Waals surface area contributed by atoms with Gasteiger partial charge in [-0.1, -0.05) is 36.4 Å². The Hall–Kier alpha value is -3.93. The van der Waals surface area contributed by atoms with Crippen molar-refractivity contribution in [3.8, 4) is 23.0 Å². The number of hydrogen-bond acceptors (Lipinski definition) is 6. The molecule has 31 heavy (non-hydrogen) atoms. The lowest BCUT2D eigenvalue weighted by Gasteiger charge is -2.13. The van der Waals surface area contributed by atoms with Crippen LogP contribution in [0, 0.1) is 0 Å². The molecular weight excluding hydrogens is 396 g/mol. The average molecular weight is 420 g/mol. The third-order valence-corrected chi connectivity index (χ3v) is 4.39. The first kappa shape index (κ1) is 21.8. The Bertz CT molecular complexity index is 1060. The van der Waals surface area contributed by atoms with E-state index in [9.17, 15) is 4.79 Å². The van der Waals surface area contributed by atoms with Crippen LogP contribution >= 0.6 is 0 Å². The molecular formula is C25H24O6. The third-order valence-electron chi connectivity index (χ3n) is 4.39. The number of ether oxygens (including phenoxy) is 5. The third kappa shape index (κ3) is 5.79. The highest BCUT2D eigenvalue weighted by molar-refractivity contribution is 6.17. The maximum Gasteiger partial charge on any atom is 0.341 e. The molecule has 0 atom stereocenters. The molecule has 160 valence electrons. The Morgan fingerprint density at radius 2 is 1.58 bits per heavy atom. The van der Waals surface area contributed by atoms with Gasteiger partial charge in [0.2, 0.25) is 0 Å². The van der Waals surface area contributed by atoms with Crippen molar-refractivity contribution >= 4 is 11.5 Å². The molecule has 0 amide bonds. The highest BCUT2D eigenvalue weighted by Crippen LogP contribution is 2.31. The van der Waals surface area contributed by atoms with Gasteiger partial charge >= 0.3 is 5.97 Å². The predicted molar refractivity (Wildman–Crippen MR) is 117 cm³/mol. The first-order valence-corrected chi connectivity index (χ1v) is 9.59. The molecule has 0 saturated carbocycles. The fraction of sp³-hybridized carbons (Fsp3) is 0.160. The monoisotopic (exact) mass is 420 g/mol. The van der Waals surface area contributed by atoms with Crippen LogP contribution in [0.3, 0.4) is 0 Å². The number of hydrogen-bond donors (Lipinski definition) is 0. The second-order valence-corrected chi connectivity index (χ2v) is 6.47. The van der Waals surface area contributed by atoms with E-state index in [1.165, 1.54) is 20.5 Å². The number of carbonyl (C=O) groups excluding carboxylic acids is 1. The van der Waals surface area contributed by atoms with Crippen molar-refractivity contribution in [2.45, 2.75) is 6.61 Å². The van der Waals surface area contributed by atoms with Crippen LogP contribution in [0.2, 0.25) is 0 Å². The predicted octanol–water partition coefficient (Wildman–Crippen LogP) is 5.23. The van der Waals surface area contributed by atoms with E-state index >= 15 is 0 Å². The van der Waals surface area contributed by atoms with Gasteiger partial charge in [0, 0.05) is 11.6 Å². The quantitative estimate of drug-likeness (QED) is 0.268. The lowest BCUT2D eigenvalue weighted by molar-refractivity contribution is -0.133. The molecule has 6 nitrogen and oxygen atoms in total. The first-order chi connectivity index (χ1) is 15.1. The Kier molecular flexibility index (Phi) is 7.54. The number of rotatable bonds is 9. The van der Waals surface area contributed by atoms with E-state index in [1.54, 1.807) is 19.2 Å². The summed E-state index contributed by atoms with van der Waals surface area (Å²) in [7, 11) is 4.41. The highest BCUT2D eigenvalue weighted by Gasteiger charge is 2.18. The Balaban J connectivity index is 1.78. The van der Waals surface area contributed by atoms with Crippen molar-refractivity contribution < 1.29 is 28.5 Å². The summed E-state index contributed by atoms with van der Waals surface area (Å²) in [5.41, 5.74) is 1.76. The van der Waals surface area contributed by atoms with Gasteiger partial charge in [-0.05, 0) is 35.9 Å². The van der Waals surface area contributed by atoms with Crippen LogP contribution < -0.4 is 14.2 Å². The van der Waals surface area contributed by atoms with Crippen molar-refractivity contribution in [1.82, 2.24) is 0 Å². The van der Waals surface area contributed by atoms with E-state index < -0.39 is 5.97 Å². The lowest BCUT2D eigenvalue weighted by atomic mass is 10.1. The van der Waals surface area contributed by atoms with Crippen LogP contribution in [0.5, 0.6) is 23.0 Å². The summed E-state index contributed by atoms with van der Waals surface area (Å²) in [6.45, 7) is 0.364. The van der Waals surface area contributed by atoms with Gasteiger partial charge in [-0.3, -0.25) is 0 Å². The van der Waals surface area contributed by atoms with Crippen LogP contribution in [0.15, 0.2) is 79.1 Å². The molecule has 0 aliphatic heterocycles. The summed E-state index contributed by atoms with van der Waals surface area (Å²) in [5, 5.41) is 0. The van der Waals surface area contributed by atoms with Crippen LogP contribution in [-0.4, -0.2) is 27.3 Å². The van der Waals surface area contributed by atoms with Gasteiger partial charge < -0.3 is 23.7 Å². The molecule has 0 aromatic heterocycles. The zero-order valence-electron chi connectivity index (χ0n) is 17.7.